The molecule has 8 nitrogen and oxygen atoms in total. The summed E-state index contributed by atoms with van der Waals surface area (Å²) in [5.74, 6) is -1.43. The molecule has 100 valence electrons. The first-order valence-electron chi connectivity index (χ1n) is 4.92. The molecule has 1 aromatic heterocycles. The number of nitrogens with zero attached hydrogens (tertiary/aromatic N) is 1. The number of carboxylic acids is 1. The molecule has 19 heavy (non-hydrogen) atoms. The van der Waals surface area contributed by atoms with Gasteiger partial charge in [0, 0.05) is 12.3 Å². The van der Waals surface area contributed by atoms with Crippen LogP contribution in [0.5, 0.6) is 0 Å². The lowest BCUT2D eigenvalue weighted by Gasteiger charge is -2.07. The van der Waals surface area contributed by atoms with Crippen molar-refractivity contribution in [1.29, 1.82) is 0 Å². The highest BCUT2D eigenvalue weighted by molar-refractivity contribution is 7.85. The number of hydrogen-bond acceptors (Lipinski definition) is 4. The molecule has 0 unspecified atom stereocenters. The lowest BCUT2D eigenvalue weighted by molar-refractivity contribution is 0.0696. The fourth-order valence-electron chi connectivity index (χ4n) is 1.55. The van der Waals surface area contributed by atoms with Crippen molar-refractivity contribution in [2.75, 3.05) is 0 Å². The molecule has 2 aromatic rings. The number of hydrogen-bond donors (Lipinski definition) is 3. The Morgan fingerprint density at radius 2 is 1.95 bits per heavy atom. The highest BCUT2D eigenvalue weighted by Gasteiger charge is 2.18. The molecule has 0 aliphatic rings. The fourth-order valence-corrected chi connectivity index (χ4v) is 2.06. The molecule has 0 fully saturated rings. The van der Waals surface area contributed by atoms with Crippen LogP contribution in [0.2, 0.25) is 0 Å². The standard InChI is InChI=1S/C10H8N2O6S/c13-9-3-4-11-12(9)8-2-1-6(19(16,17)18)5-7(8)10(14)15/h1-5,11H,(H,14,15)(H,16,17,18). The van der Waals surface area contributed by atoms with Gasteiger partial charge in [0.05, 0.1) is 16.1 Å². The second kappa shape index (κ2) is 4.37. The van der Waals surface area contributed by atoms with Gasteiger partial charge >= 0.3 is 5.97 Å². The Morgan fingerprint density at radius 1 is 1.26 bits per heavy atom. The third-order valence-corrected chi connectivity index (χ3v) is 3.24. The average molecular weight is 284 g/mol. The summed E-state index contributed by atoms with van der Waals surface area (Å²) in [4.78, 5) is 22.0. The Kier molecular flexibility index (Phi) is 3.00. The number of carboxylic acid groups (broad SMARTS) is 1. The molecule has 0 radical (unpaired) electrons. The van der Waals surface area contributed by atoms with E-state index in [0.717, 1.165) is 22.9 Å². The number of aromatic amines is 1. The number of nitrogens with one attached hydrogen (secondary N) is 1. The molecule has 0 aliphatic heterocycles. The molecule has 0 saturated carbocycles. The molecule has 3 N–H and O–H groups in total. The van der Waals surface area contributed by atoms with Crippen LogP contribution in [-0.2, 0) is 10.1 Å². The SMILES string of the molecule is O=C(O)c1cc(S(=O)(=O)O)ccc1-n1[nH]ccc1=O. The number of aromatic nitrogens is 2. The Morgan fingerprint density at radius 3 is 2.42 bits per heavy atom. The van der Waals surface area contributed by atoms with Gasteiger partial charge in [0.2, 0.25) is 0 Å². The van der Waals surface area contributed by atoms with Crippen molar-refractivity contribution in [1.82, 2.24) is 9.78 Å². The van der Waals surface area contributed by atoms with E-state index in [1.165, 1.54) is 12.3 Å². The van der Waals surface area contributed by atoms with Crippen LogP contribution in [0.25, 0.3) is 5.69 Å². The molecule has 1 aromatic carbocycles. The molecule has 2 rings (SSSR count). The van der Waals surface area contributed by atoms with Gasteiger partial charge in [-0.3, -0.25) is 14.4 Å². The monoisotopic (exact) mass is 284 g/mol. The van der Waals surface area contributed by atoms with Crippen LogP contribution in [0.4, 0.5) is 0 Å². The van der Waals surface area contributed by atoms with Gasteiger partial charge in [-0.1, -0.05) is 0 Å². The van der Waals surface area contributed by atoms with E-state index in [1.807, 2.05) is 0 Å². The largest absolute Gasteiger partial charge is 0.478 e. The Hall–Kier alpha value is -2.39. The molecule has 0 aliphatic carbocycles. The lowest BCUT2D eigenvalue weighted by atomic mass is 10.2. The topological polar surface area (TPSA) is 129 Å². The van der Waals surface area contributed by atoms with Gasteiger partial charge in [-0.15, -0.1) is 0 Å². The quantitative estimate of drug-likeness (QED) is 0.686. The van der Waals surface area contributed by atoms with Crippen LogP contribution >= 0.6 is 0 Å². The lowest BCUT2D eigenvalue weighted by Crippen LogP contribution is -2.17. The Labute approximate surface area is 106 Å². The predicted octanol–water partition coefficient (Wildman–Crippen LogP) is 0.111. The fraction of sp³-hybridized carbons (Fsp3) is 0. The summed E-state index contributed by atoms with van der Waals surface area (Å²) >= 11 is 0. The average Bonchev–Trinajstić information content (AvgIpc) is 2.73. The van der Waals surface area contributed by atoms with E-state index < -0.39 is 32.1 Å². The molecule has 0 bridgehead atoms. The molecule has 0 atom stereocenters. The van der Waals surface area contributed by atoms with E-state index >= 15 is 0 Å². The Balaban J connectivity index is 2.74. The van der Waals surface area contributed by atoms with E-state index in [4.69, 9.17) is 9.66 Å². The van der Waals surface area contributed by atoms with Gasteiger partial charge in [0.25, 0.3) is 15.7 Å². The van der Waals surface area contributed by atoms with Crippen LogP contribution < -0.4 is 5.56 Å². The first-order valence-corrected chi connectivity index (χ1v) is 6.36. The van der Waals surface area contributed by atoms with Crippen LogP contribution in [-0.4, -0.2) is 33.8 Å². The van der Waals surface area contributed by atoms with Crippen molar-refractivity contribution >= 4 is 16.1 Å². The third kappa shape index (κ3) is 2.41. The van der Waals surface area contributed by atoms with Crippen LogP contribution in [0, 0.1) is 0 Å². The summed E-state index contributed by atoms with van der Waals surface area (Å²) in [7, 11) is -4.52. The molecule has 1 heterocycles. The highest BCUT2D eigenvalue weighted by Crippen LogP contribution is 2.18. The van der Waals surface area contributed by atoms with Crippen molar-refractivity contribution in [2.24, 2.45) is 0 Å². The summed E-state index contributed by atoms with van der Waals surface area (Å²) in [5, 5.41) is 11.5. The summed E-state index contributed by atoms with van der Waals surface area (Å²) in [6.07, 6.45) is 1.31. The zero-order valence-electron chi connectivity index (χ0n) is 9.27. The van der Waals surface area contributed by atoms with Crippen LogP contribution in [0.3, 0.4) is 0 Å². The summed E-state index contributed by atoms with van der Waals surface area (Å²) < 4.78 is 31.7. The molecular weight excluding hydrogens is 276 g/mol. The van der Waals surface area contributed by atoms with Crippen molar-refractivity contribution in [3.63, 3.8) is 0 Å². The van der Waals surface area contributed by atoms with E-state index in [1.54, 1.807) is 0 Å². The van der Waals surface area contributed by atoms with E-state index in [-0.39, 0.29) is 5.69 Å². The number of aromatic carboxylic acids is 1. The number of benzene rings is 1. The predicted molar refractivity (Wildman–Crippen MR) is 63.2 cm³/mol. The maximum absolute atomic E-state index is 11.4. The van der Waals surface area contributed by atoms with Crippen molar-refractivity contribution < 1.29 is 22.9 Å². The van der Waals surface area contributed by atoms with Gasteiger partial charge in [-0.2, -0.15) is 8.42 Å². The first-order chi connectivity index (χ1) is 8.80. The van der Waals surface area contributed by atoms with E-state index in [9.17, 15) is 18.0 Å². The minimum absolute atomic E-state index is 0.0325. The smallest absolute Gasteiger partial charge is 0.337 e. The molecule has 0 spiro atoms. The van der Waals surface area contributed by atoms with Gasteiger partial charge in [0.15, 0.2) is 0 Å². The van der Waals surface area contributed by atoms with Crippen molar-refractivity contribution in [3.05, 3.63) is 46.4 Å². The van der Waals surface area contributed by atoms with Crippen LogP contribution in [0.1, 0.15) is 10.4 Å². The molecular formula is C10H8N2O6S. The third-order valence-electron chi connectivity index (χ3n) is 2.39. The number of H-pyrrole nitrogens is 1. The Bertz CT molecular complexity index is 801. The number of rotatable bonds is 3. The maximum Gasteiger partial charge on any atom is 0.337 e. The van der Waals surface area contributed by atoms with E-state index in [2.05, 4.69) is 5.10 Å². The van der Waals surface area contributed by atoms with E-state index in [0.29, 0.717) is 0 Å². The second-order valence-electron chi connectivity index (χ2n) is 3.60. The number of carbonyl (C=O) groups is 1. The highest BCUT2D eigenvalue weighted by atomic mass is 32.2. The normalized spacial score (nSPS) is 11.4. The minimum Gasteiger partial charge on any atom is -0.478 e. The molecule has 9 heteroatoms. The van der Waals surface area contributed by atoms with Gasteiger partial charge < -0.3 is 5.11 Å². The second-order valence-corrected chi connectivity index (χ2v) is 5.02. The van der Waals surface area contributed by atoms with Crippen molar-refractivity contribution in [2.45, 2.75) is 4.90 Å². The molecule has 0 saturated heterocycles. The van der Waals surface area contributed by atoms with Gasteiger partial charge in [-0.25, -0.2) is 9.48 Å². The summed E-state index contributed by atoms with van der Waals surface area (Å²) in [6.45, 7) is 0. The summed E-state index contributed by atoms with van der Waals surface area (Å²) in [5.41, 5.74) is -0.961. The van der Waals surface area contributed by atoms with Gasteiger partial charge in [0.1, 0.15) is 0 Å². The summed E-state index contributed by atoms with van der Waals surface area (Å²) in [6, 6.07) is 4.08. The zero-order valence-corrected chi connectivity index (χ0v) is 10.1. The van der Waals surface area contributed by atoms with Crippen LogP contribution in [0.15, 0.2) is 40.2 Å². The maximum atomic E-state index is 11.4. The van der Waals surface area contributed by atoms with Crippen molar-refractivity contribution in [3.8, 4) is 5.69 Å². The molecule has 0 amide bonds. The zero-order chi connectivity index (χ0) is 14.2. The van der Waals surface area contributed by atoms with Gasteiger partial charge in [-0.05, 0) is 18.2 Å². The minimum atomic E-state index is -4.52. The first kappa shape index (κ1) is 13.1.